The molecule has 0 saturated heterocycles. The van der Waals surface area contributed by atoms with E-state index >= 15 is 0 Å². The van der Waals surface area contributed by atoms with Crippen LogP contribution in [0.1, 0.15) is 35.1 Å². The predicted octanol–water partition coefficient (Wildman–Crippen LogP) is 15.7. The Morgan fingerprint density at radius 2 is 0.937 bits per heavy atom. The van der Waals surface area contributed by atoms with E-state index in [0.29, 0.717) is 0 Å². The molecule has 2 nitrogen and oxygen atoms in total. The number of aromatic nitrogens is 2. The van der Waals surface area contributed by atoms with Crippen molar-refractivity contribution in [2.75, 3.05) is 0 Å². The third-order valence-electron chi connectivity index (χ3n) is 13.9. The molecule has 0 bridgehead atoms. The molecule has 2 aromatic heterocycles. The molecule has 1 unspecified atom stereocenters. The number of hydrogen-bond acceptors (Lipinski definition) is 0. The molecule has 63 heavy (non-hydrogen) atoms. The molecule has 296 valence electrons. The Hall–Kier alpha value is -7.94. The van der Waals surface area contributed by atoms with E-state index in [0.717, 1.165) is 18.5 Å². The Kier molecular flexibility index (Phi) is 7.98. The molecule has 9 aromatic carbocycles. The van der Waals surface area contributed by atoms with Crippen molar-refractivity contribution in [2.24, 2.45) is 0 Å². The van der Waals surface area contributed by atoms with Gasteiger partial charge in [-0.2, -0.15) is 0 Å². The fourth-order valence-electron chi connectivity index (χ4n) is 11.1. The van der Waals surface area contributed by atoms with E-state index in [1.165, 1.54) is 105 Å². The second-order valence-corrected chi connectivity index (χ2v) is 17.1. The summed E-state index contributed by atoms with van der Waals surface area (Å²) in [6.07, 6.45) is 6.93. The van der Waals surface area contributed by atoms with Crippen molar-refractivity contribution >= 4 is 49.2 Å². The molecule has 0 amide bonds. The minimum absolute atomic E-state index is 0.432. The van der Waals surface area contributed by atoms with Crippen LogP contribution in [0, 0.1) is 0 Å². The monoisotopic (exact) mass is 802 g/mol. The minimum Gasteiger partial charge on any atom is -0.309 e. The van der Waals surface area contributed by atoms with Crippen LogP contribution in [0.2, 0.25) is 0 Å². The molecular formula is C61H42N2. The van der Waals surface area contributed by atoms with E-state index in [1.807, 2.05) is 0 Å². The Morgan fingerprint density at radius 1 is 0.365 bits per heavy atom. The van der Waals surface area contributed by atoms with Gasteiger partial charge in [0.25, 0.3) is 0 Å². The van der Waals surface area contributed by atoms with Gasteiger partial charge in [0.1, 0.15) is 0 Å². The van der Waals surface area contributed by atoms with Gasteiger partial charge in [0.2, 0.25) is 0 Å². The van der Waals surface area contributed by atoms with Gasteiger partial charge in [-0.25, -0.2) is 0 Å². The second-order valence-electron chi connectivity index (χ2n) is 17.1. The molecule has 1 atom stereocenters. The molecule has 0 saturated carbocycles. The molecule has 0 N–H and O–H groups in total. The SMILES string of the molecule is C1=CC2=C(CC1)c1ccccc1C2(c1ccccc1)c1ccc2c(c1)c1ccc(-c3ccc4c(c3)c3ccccc3n4-c3ccccc3)cc1n2-c1ccc(-c2ccccc2)cc1. The van der Waals surface area contributed by atoms with Gasteiger partial charge in [0.05, 0.1) is 27.5 Å². The highest BCUT2D eigenvalue weighted by molar-refractivity contribution is 6.13. The van der Waals surface area contributed by atoms with Gasteiger partial charge >= 0.3 is 0 Å². The van der Waals surface area contributed by atoms with Gasteiger partial charge in [-0.15, -0.1) is 0 Å². The maximum Gasteiger partial charge on any atom is 0.0710 e. The van der Waals surface area contributed by atoms with Crippen molar-refractivity contribution in [3.05, 3.63) is 258 Å². The molecule has 2 heteroatoms. The van der Waals surface area contributed by atoms with E-state index < -0.39 is 5.41 Å². The standard InChI is InChI=1S/C61H42N2/c1-4-16-41(17-5-1)42-28-33-48(34-29-42)63-59-37-32-46(61(45-18-6-2-7-19-45)55-25-13-10-22-49(55)50-23-11-14-26-56(50)61)40-54(59)52-35-30-44(39-60(52)63)43-31-36-58-53(38-43)51-24-12-15-27-57(51)62(58)47-20-8-3-9-21-47/h1-10,12-22,24-40H,11,23H2. The Balaban J connectivity index is 1.05. The zero-order valence-electron chi connectivity index (χ0n) is 34.7. The Labute approximate surface area is 367 Å². The van der Waals surface area contributed by atoms with E-state index in [1.54, 1.807) is 0 Å². The maximum atomic E-state index is 2.51. The van der Waals surface area contributed by atoms with Crippen LogP contribution in [0.5, 0.6) is 0 Å². The maximum absolute atomic E-state index is 2.51. The predicted molar refractivity (Wildman–Crippen MR) is 264 cm³/mol. The van der Waals surface area contributed by atoms with Crippen LogP contribution in [0.25, 0.3) is 82.8 Å². The molecule has 0 fully saturated rings. The molecule has 0 aliphatic heterocycles. The van der Waals surface area contributed by atoms with Crippen molar-refractivity contribution < 1.29 is 0 Å². The average Bonchev–Trinajstić information content (AvgIpc) is 3.98. The lowest BCUT2D eigenvalue weighted by atomic mass is 9.66. The third-order valence-corrected chi connectivity index (χ3v) is 13.9. The van der Waals surface area contributed by atoms with Gasteiger partial charge in [-0.1, -0.05) is 170 Å². The lowest BCUT2D eigenvalue weighted by Crippen LogP contribution is -2.29. The highest BCUT2D eigenvalue weighted by Crippen LogP contribution is 2.57. The van der Waals surface area contributed by atoms with Crippen molar-refractivity contribution in [3.63, 3.8) is 0 Å². The summed E-state index contributed by atoms with van der Waals surface area (Å²) in [4.78, 5) is 0. The number of fused-ring (bicyclic) bond motifs is 8. The van der Waals surface area contributed by atoms with Crippen LogP contribution in [-0.2, 0) is 5.41 Å². The first kappa shape index (κ1) is 35.8. The fraction of sp³-hybridized carbons (Fsp3) is 0.0492. The largest absolute Gasteiger partial charge is 0.309 e. The number of nitrogens with zero attached hydrogens (tertiary/aromatic N) is 2. The Morgan fingerprint density at radius 3 is 1.76 bits per heavy atom. The van der Waals surface area contributed by atoms with E-state index in [4.69, 9.17) is 0 Å². The fourth-order valence-corrected chi connectivity index (χ4v) is 11.1. The first-order valence-electron chi connectivity index (χ1n) is 22.1. The highest BCUT2D eigenvalue weighted by Gasteiger charge is 2.47. The molecule has 13 rings (SSSR count). The normalized spacial score (nSPS) is 15.7. The number of para-hydroxylation sites is 2. The van der Waals surface area contributed by atoms with Crippen LogP contribution in [0.15, 0.2) is 236 Å². The molecular weight excluding hydrogens is 761 g/mol. The second kappa shape index (κ2) is 14.1. The number of rotatable bonds is 6. The summed E-state index contributed by atoms with van der Waals surface area (Å²) >= 11 is 0. The van der Waals surface area contributed by atoms with Crippen LogP contribution >= 0.6 is 0 Å². The summed E-state index contributed by atoms with van der Waals surface area (Å²) < 4.78 is 4.87. The van der Waals surface area contributed by atoms with Crippen LogP contribution < -0.4 is 0 Å². The zero-order valence-corrected chi connectivity index (χ0v) is 34.7. The molecule has 2 heterocycles. The minimum atomic E-state index is -0.432. The van der Waals surface area contributed by atoms with E-state index in [2.05, 4.69) is 240 Å². The smallest absolute Gasteiger partial charge is 0.0710 e. The lowest BCUT2D eigenvalue weighted by molar-refractivity contribution is 0.758. The van der Waals surface area contributed by atoms with Gasteiger partial charge in [-0.05, 0) is 129 Å². The first-order chi connectivity index (χ1) is 31.3. The number of allylic oxidation sites excluding steroid dienone is 4. The van der Waals surface area contributed by atoms with Gasteiger partial charge < -0.3 is 9.13 Å². The van der Waals surface area contributed by atoms with Crippen molar-refractivity contribution in [3.8, 4) is 33.6 Å². The topological polar surface area (TPSA) is 9.86 Å². The number of hydrogen-bond donors (Lipinski definition) is 0. The summed E-state index contributed by atoms with van der Waals surface area (Å²) in [6, 6.07) is 81.0. The molecule has 0 spiro atoms. The van der Waals surface area contributed by atoms with Crippen molar-refractivity contribution in [1.82, 2.24) is 9.13 Å². The summed E-state index contributed by atoms with van der Waals surface area (Å²) in [5.74, 6) is 0. The quantitative estimate of drug-likeness (QED) is 0.158. The lowest BCUT2D eigenvalue weighted by Gasteiger charge is -2.35. The van der Waals surface area contributed by atoms with Gasteiger partial charge in [-0.3, -0.25) is 0 Å². The van der Waals surface area contributed by atoms with E-state index in [9.17, 15) is 0 Å². The highest BCUT2D eigenvalue weighted by atomic mass is 15.0. The molecule has 2 aliphatic rings. The first-order valence-corrected chi connectivity index (χ1v) is 22.1. The van der Waals surface area contributed by atoms with Crippen LogP contribution in [0.4, 0.5) is 0 Å². The summed E-state index contributed by atoms with van der Waals surface area (Å²) in [5.41, 5.74) is 19.8. The summed E-state index contributed by atoms with van der Waals surface area (Å²) in [6.45, 7) is 0. The van der Waals surface area contributed by atoms with Crippen molar-refractivity contribution in [1.29, 1.82) is 0 Å². The molecule has 0 radical (unpaired) electrons. The van der Waals surface area contributed by atoms with Crippen molar-refractivity contribution in [2.45, 2.75) is 18.3 Å². The summed E-state index contributed by atoms with van der Waals surface area (Å²) in [5, 5.41) is 5.00. The van der Waals surface area contributed by atoms with Crippen LogP contribution in [-0.4, -0.2) is 9.13 Å². The molecule has 2 aliphatic carbocycles. The average molecular weight is 803 g/mol. The Bertz CT molecular complexity index is 3640. The third kappa shape index (κ3) is 5.31. The number of benzene rings is 9. The van der Waals surface area contributed by atoms with Crippen LogP contribution in [0.3, 0.4) is 0 Å². The van der Waals surface area contributed by atoms with E-state index in [-0.39, 0.29) is 0 Å². The summed E-state index contributed by atoms with van der Waals surface area (Å²) in [7, 11) is 0. The van der Waals surface area contributed by atoms with Gasteiger partial charge in [0, 0.05) is 32.9 Å². The molecule has 11 aromatic rings. The zero-order chi connectivity index (χ0) is 41.5. The van der Waals surface area contributed by atoms with Gasteiger partial charge in [0.15, 0.2) is 0 Å².